The summed E-state index contributed by atoms with van der Waals surface area (Å²) in [6.07, 6.45) is 3.74. The normalized spacial score (nSPS) is 10.6. The van der Waals surface area contributed by atoms with Crippen LogP contribution in [-0.2, 0) is 0 Å². The molecule has 0 atom stereocenters. The van der Waals surface area contributed by atoms with Crippen LogP contribution in [0.1, 0.15) is 0 Å². The molecule has 0 radical (unpaired) electrons. The maximum absolute atomic E-state index is 5.38. The van der Waals surface area contributed by atoms with Crippen molar-refractivity contribution in [2.24, 2.45) is 0 Å². The average molecular weight is 299 g/mol. The Morgan fingerprint density at radius 1 is 1.19 bits per heavy atom. The molecule has 5 heteroatoms. The SMILES string of the molecule is COc1cc(Nc2cncc3sccc23)cc(N(C)C)c1. The highest BCUT2D eigenvalue weighted by molar-refractivity contribution is 7.17. The molecule has 0 saturated heterocycles. The molecule has 0 aliphatic rings. The van der Waals surface area contributed by atoms with Gasteiger partial charge in [-0.25, -0.2) is 0 Å². The summed E-state index contributed by atoms with van der Waals surface area (Å²) in [5, 5.41) is 6.70. The first kappa shape index (κ1) is 13.7. The van der Waals surface area contributed by atoms with E-state index in [1.807, 2.05) is 38.6 Å². The van der Waals surface area contributed by atoms with Crippen molar-refractivity contribution in [2.75, 3.05) is 31.4 Å². The standard InChI is InChI=1S/C16H17N3OS/c1-19(2)12-6-11(7-13(8-12)20-3)18-15-9-17-10-16-14(15)4-5-21-16/h4-10,18H,1-3H3. The Kier molecular flexibility index (Phi) is 3.66. The van der Waals surface area contributed by atoms with Crippen LogP contribution in [0.4, 0.5) is 17.1 Å². The van der Waals surface area contributed by atoms with E-state index in [4.69, 9.17) is 4.74 Å². The summed E-state index contributed by atoms with van der Waals surface area (Å²) in [6.45, 7) is 0. The van der Waals surface area contributed by atoms with E-state index in [0.717, 1.165) is 22.8 Å². The molecular weight excluding hydrogens is 282 g/mol. The number of benzene rings is 1. The molecule has 0 spiro atoms. The third-order valence-electron chi connectivity index (χ3n) is 3.30. The van der Waals surface area contributed by atoms with Crippen molar-refractivity contribution in [3.05, 3.63) is 42.0 Å². The second-order valence-electron chi connectivity index (χ2n) is 4.96. The molecule has 2 aromatic heterocycles. The van der Waals surface area contributed by atoms with E-state index in [9.17, 15) is 0 Å². The lowest BCUT2D eigenvalue weighted by molar-refractivity contribution is 0.415. The number of fused-ring (bicyclic) bond motifs is 1. The summed E-state index contributed by atoms with van der Waals surface area (Å²) in [6, 6.07) is 8.19. The number of hydrogen-bond acceptors (Lipinski definition) is 5. The second kappa shape index (κ2) is 5.61. The summed E-state index contributed by atoms with van der Waals surface area (Å²) in [5.41, 5.74) is 3.08. The predicted octanol–water partition coefficient (Wildman–Crippen LogP) is 4.11. The molecule has 108 valence electrons. The van der Waals surface area contributed by atoms with Crippen LogP contribution in [0.25, 0.3) is 10.1 Å². The topological polar surface area (TPSA) is 37.4 Å². The van der Waals surface area contributed by atoms with Gasteiger partial charge in [0.1, 0.15) is 5.75 Å². The Morgan fingerprint density at radius 3 is 2.81 bits per heavy atom. The number of rotatable bonds is 4. The molecular formula is C16H17N3OS. The number of methoxy groups -OCH3 is 1. The summed E-state index contributed by atoms with van der Waals surface area (Å²) in [7, 11) is 5.71. The van der Waals surface area contributed by atoms with Gasteiger partial charge in [0.2, 0.25) is 0 Å². The number of pyridine rings is 1. The molecule has 0 amide bonds. The lowest BCUT2D eigenvalue weighted by Crippen LogP contribution is -2.09. The van der Waals surface area contributed by atoms with Gasteiger partial charge in [0.15, 0.2) is 0 Å². The largest absolute Gasteiger partial charge is 0.497 e. The van der Waals surface area contributed by atoms with Crippen LogP contribution in [0.3, 0.4) is 0 Å². The van der Waals surface area contributed by atoms with Crippen LogP contribution >= 0.6 is 11.3 Å². The first-order valence-corrected chi connectivity index (χ1v) is 7.50. The molecule has 1 N–H and O–H groups in total. The van der Waals surface area contributed by atoms with Crippen LogP contribution < -0.4 is 15.0 Å². The fourth-order valence-corrected chi connectivity index (χ4v) is 2.96. The molecule has 0 aliphatic carbocycles. The highest BCUT2D eigenvalue weighted by Gasteiger charge is 2.06. The van der Waals surface area contributed by atoms with E-state index < -0.39 is 0 Å². The highest BCUT2D eigenvalue weighted by atomic mass is 32.1. The number of thiophene rings is 1. The fraction of sp³-hybridized carbons (Fsp3) is 0.188. The van der Waals surface area contributed by atoms with Gasteiger partial charge in [-0.05, 0) is 17.5 Å². The summed E-state index contributed by atoms with van der Waals surface area (Å²) in [5.74, 6) is 0.828. The Hall–Kier alpha value is -2.27. The van der Waals surface area contributed by atoms with Gasteiger partial charge in [-0.15, -0.1) is 11.3 Å². The molecule has 21 heavy (non-hydrogen) atoms. The lowest BCUT2D eigenvalue weighted by atomic mass is 10.2. The third-order valence-corrected chi connectivity index (χ3v) is 4.15. The molecule has 1 aromatic carbocycles. The van der Waals surface area contributed by atoms with Crippen molar-refractivity contribution in [1.29, 1.82) is 0 Å². The van der Waals surface area contributed by atoms with E-state index in [1.165, 1.54) is 10.1 Å². The Morgan fingerprint density at radius 2 is 2.05 bits per heavy atom. The van der Waals surface area contributed by atoms with Gasteiger partial charge in [0.05, 0.1) is 23.7 Å². The number of nitrogens with one attached hydrogen (secondary N) is 1. The maximum Gasteiger partial charge on any atom is 0.122 e. The molecule has 0 unspecified atom stereocenters. The number of aromatic nitrogens is 1. The summed E-state index contributed by atoms with van der Waals surface area (Å²) < 4.78 is 6.55. The minimum absolute atomic E-state index is 0.828. The smallest absolute Gasteiger partial charge is 0.122 e. The first-order chi connectivity index (χ1) is 10.2. The van der Waals surface area contributed by atoms with Crippen LogP contribution in [-0.4, -0.2) is 26.2 Å². The predicted molar refractivity (Wildman–Crippen MR) is 90.2 cm³/mol. The molecule has 0 fully saturated rings. The van der Waals surface area contributed by atoms with E-state index in [-0.39, 0.29) is 0 Å². The van der Waals surface area contributed by atoms with Crippen LogP contribution in [0.2, 0.25) is 0 Å². The van der Waals surface area contributed by atoms with Crippen molar-refractivity contribution in [1.82, 2.24) is 4.98 Å². The van der Waals surface area contributed by atoms with E-state index in [1.54, 1.807) is 18.4 Å². The average Bonchev–Trinajstić information content (AvgIpc) is 2.96. The van der Waals surface area contributed by atoms with E-state index in [2.05, 4.69) is 32.7 Å². The Bertz CT molecular complexity index is 767. The fourth-order valence-electron chi connectivity index (χ4n) is 2.18. The zero-order valence-corrected chi connectivity index (χ0v) is 13.1. The molecule has 0 bridgehead atoms. The molecule has 0 aliphatic heterocycles. The molecule has 4 nitrogen and oxygen atoms in total. The second-order valence-corrected chi connectivity index (χ2v) is 5.91. The Balaban J connectivity index is 2.01. The van der Waals surface area contributed by atoms with Gasteiger partial charge < -0.3 is 15.0 Å². The number of ether oxygens (including phenoxy) is 1. The van der Waals surface area contributed by atoms with Crippen molar-refractivity contribution in [3.63, 3.8) is 0 Å². The van der Waals surface area contributed by atoms with E-state index in [0.29, 0.717) is 0 Å². The van der Waals surface area contributed by atoms with Crippen LogP contribution in [0.15, 0.2) is 42.0 Å². The zero-order valence-electron chi connectivity index (χ0n) is 12.3. The zero-order chi connectivity index (χ0) is 14.8. The first-order valence-electron chi connectivity index (χ1n) is 6.62. The van der Waals surface area contributed by atoms with Gasteiger partial charge in [-0.2, -0.15) is 0 Å². The summed E-state index contributed by atoms with van der Waals surface area (Å²) >= 11 is 1.69. The van der Waals surface area contributed by atoms with Crippen LogP contribution in [0, 0.1) is 0 Å². The number of hydrogen-bond donors (Lipinski definition) is 1. The third kappa shape index (κ3) is 2.78. The van der Waals surface area contributed by atoms with Crippen molar-refractivity contribution in [2.45, 2.75) is 0 Å². The van der Waals surface area contributed by atoms with Crippen molar-refractivity contribution >= 4 is 38.5 Å². The minimum atomic E-state index is 0.828. The number of anilines is 3. The van der Waals surface area contributed by atoms with Gasteiger partial charge in [-0.1, -0.05) is 0 Å². The monoisotopic (exact) mass is 299 g/mol. The maximum atomic E-state index is 5.38. The minimum Gasteiger partial charge on any atom is -0.497 e. The van der Waals surface area contributed by atoms with Gasteiger partial charge in [0.25, 0.3) is 0 Å². The Labute approximate surface area is 128 Å². The van der Waals surface area contributed by atoms with Crippen LogP contribution in [0.5, 0.6) is 5.75 Å². The molecule has 3 aromatic rings. The molecule has 3 rings (SSSR count). The quantitative estimate of drug-likeness (QED) is 0.786. The van der Waals surface area contributed by atoms with Gasteiger partial charge in [0, 0.05) is 49.2 Å². The molecule has 0 saturated carbocycles. The van der Waals surface area contributed by atoms with Crippen molar-refractivity contribution < 1.29 is 4.74 Å². The number of nitrogens with zero attached hydrogens (tertiary/aromatic N) is 2. The van der Waals surface area contributed by atoms with Gasteiger partial charge in [-0.3, -0.25) is 4.98 Å². The summed E-state index contributed by atoms with van der Waals surface area (Å²) in [4.78, 5) is 6.34. The van der Waals surface area contributed by atoms with Crippen molar-refractivity contribution in [3.8, 4) is 5.75 Å². The van der Waals surface area contributed by atoms with Gasteiger partial charge >= 0.3 is 0 Å². The molecule has 2 heterocycles. The van der Waals surface area contributed by atoms with E-state index >= 15 is 0 Å². The lowest BCUT2D eigenvalue weighted by Gasteiger charge is -2.16. The highest BCUT2D eigenvalue weighted by Crippen LogP contribution is 2.32.